The Labute approximate surface area is 201 Å². The number of carboxylic acids is 2. The minimum atomic E-state index is -0.685. The Balaban J connectivity index is 0. The van der Waals surface area contributed by atoms with Crippen molar-refractivity contribution in [3.8, 4) is 0 Å². The Morgan fingerprint density at radius 1 is 0.517 bits per heavy atom. The molecule has 0 spiro atoms. The second-order valence-corrected chi connectivity index (χ2v) is 8.47. The van der Waals surface area contributed by atoms with Gasteiger partial charge in [0.05, 0.1) is 11.8 Å². The standard InChI is InChI=1S/C24H46O4.Na.H/c1-3-5-7-9-11-13-17-21(23(25)26)19-15-16-20-22(24(27)28)18-14-12-10-8-6-4-2;;/h21-22H,3-20H2,1-2H3,(H,25,26)(H,27,28);;. The van der Waals surface area contributed by atoms with Crippen molar-refractivity contribution in [1.29, 1.82) is 0 Å². The fourth-order valence-electron chi connectivity index (χ4n) is 3.91. The summed E-state index contributed by atoms with van der Waals surface area (Å²) >= 11 is 0. The topological polar surface area (TPSA) is 74.6 Å². The number of hydrogen-bond acceptors (Lipinski definition) is 2. The first-order valence-corrected chi connectivity index (χ1v) is 12.0. The van der Waals surface area contributed by atoms with E-state index < -0.39 is 11.9 Å². The van der Waals surface area contributed by atoms with E-state index in [4.69, 9.17) is 0 Å². The molecule has 168 valence electrons. The summed E-state index contributed by atoms with van der Waals surface area (Å²) in [5.41, 5.74) is 0. The molecule has 0 aromatic rings. The van der Waals surface area contributed by atoms with Gasteiger partial charge in [-0.3, -0.25) is 9.59 Å². The Morgan fingerprint density at radius 2 is 0.759 bits per heavy atom. The second-order valence-electron chi connectivity index (χ2n) is 8.47. The van der Waals surface area contributed by atoms with Crippen LogP contribution in [0.25, 0.3) is 0 Å². The van der Waals surface area contributed by atoms with E-state index in [1.165, 1.54) is 51.4 Å². The van der Waals surface area contributed by atoms with Crippen LogP contribution in [-0.4, -0.2) is 51.7 Å². The van der Waals surface area contributed by atoms with Gasteiger partial charge in [0.1, 0.15) is 0 Å². The van der Waals surface area contributed by atoms with E-state index in [0.29, 0.717) is 12.8 Å². The van der Waals surface area contributed by atoms with Crippen LogP contribution in [0.1, 0.15) is 129 Å². The summed E-state index contributed by atoms with van der Waals surface area (Å²) in [7, 11) is 0. The van der Waals surface area contributed by atoms with E-state index in [9.17, 15) is 19.8 Å². The first-order chi connectivity index (χ1) is 13.5. The van der Waals surface area contributed by atoms with Crippen LogP contribution in [0.2, 0.25) is 0 Å². The molecule has 2 atom stereocenters. The van der Waals surface area contributed by atoms with Crippen LogP contribution in [0.4, 0.5) is 0 Å². The molecule has 4 nitrogen and oxygen atoms in total. The van der Waals surface area contributed by atoms with Gasteiger partial charge in [0.2, 0.25) is 0 Å². The number of hydrogen-bond donors (Lipinski definition) is 2. The van der Waals surface area contributed by atoms with Crippen molar-refractivity contribution in [2.75, 3.05) is 0 Å². The molecule has 0 aromatic carbocycles. The zero-order valence-electron chi connectivity index (χ0n) is 18.6. The summed E-state index contributed by atoms with van der Waals surface area (Å²) in [6.07, 6.45) is 18.7. The Morgan fingerprint density at radius 3 is 1.03 bits per heavy atom. The molecule has 0 aromatic heterocycles. The molecule has 5 heteroatoms. The molecule has 2 unspecified atom stereocenters. The van der Waals surface area contributed by atoms with Gasteiger partial charge in [-0.2, -0.15) is 0 Å². The van der Waals surface area contributed by atoms with E-state index in [-0.39, 0.29) is 41.4 Å². The van der Waals surface area contributed by atoms with Gasteiger partial charge in [-0.05, 0) is 25.7 Å². The van der Waals surface area contributed by atoms with Crippen LogP contribution >= 0.6 is 0 Å². The molecular weight excluding hydrogens is 375 g/mol. The maximum atomic E-state index is 11.5. The van der Waals surface area contributed by atoms with Gasteiger partial charge in [-0.25, -0.2) is 0 Å². The summed E-state index contributed by atoms with van der Waals surface area (Å²) < 4.78 is 0. The van der Waals surface area contributed by atoms with Crippen molar-refractivity contribution in [1.82, 2.24) is 0 Å². The molecule has 0 radical (unpaired) electrons. The fraction of sp³-hybridized carbons (Fsp3) is 0.917. The first-order valence-electron chi connectivity index (χ1n) is 12.0. The average Bonchev–Trinajstić information content (AvgIpc) is 2.66. The molecule has 0 saturated carbocycles. The number of unbranched alkanes of at least 4 members (excludes halogenated alkanes) is 11. The Bertz CT molecular complexity index is 351. The number of rotatable bonds is 21. The normalized spacial score (nSPS) is 12.9. The Hall–Kier alpha value is -0.0600. The molecule has 0 aliphatic carbocycles. The maximum absolute atomic E-state index is 11.5. The van der Waals surface area contributed by atoms with E-state index in [1.807, 2.05) is 0 Å². The molecular formula is C24H47NaO4. The predicted molar refractivity (Wildman–Crippen MR) is 124 cm³/mol. The summed E-state index contributed by atoms with van der Waals surface area (Å²) in [6, 6.07) is 0. The van der Waals surface area contributed by atoms with Crippen molar-refractivity contribution < 1.29 is 19.8 Å². The van der Waals surface area contributed by atoms with Crippen molar-refractivity contribution in [3.63, 3.8) is 0 Å². The number of aliphatic carboxylic acids is 2. The summed E-state index contributed by atoms with van der Waals surface area (Å²) in [4.78, 5) is 22.9. The SMILES string of the molecule is CCCCCCCCC(CCCCC(CCCCCCCC)C(=O)O)C(=O)O.[NaH]. The first kappa shape index (κ1) is 31.1. The van der Waals surface area contributed by atoms with Crippen LogP contribution in [0, 0.1) is 11.8 Å². The summed E-state index contributed by atoms with van der Waals surface area (Å²) in [6.45, 7) is 4.39. The molecule has 0 bridgehead atoms. The van der Waals surface area contributed by atoms with Crippen molar-refractivity contribution in [2.24, 2.45) is 11.8 Å². The van der Waals surface area contributed by atoms with Crippen LogP contribution in [-0.2, 0) is 9.59 Å². The third-order valence-electron chi connectivity index (χ3n) is 5.87. The number of carbonyl (C=O) groups is 2. The molecule has 0 aliphatic heterocycles. The van der Waals surface area contributed by atoms with Crippen LogP contribution in [0.15, 0.2) is 0 Å². The van der Waals surface area contributed by atoms with E-state index in [1.54, 1.807) is 0 Å². The van der Waals surface area contributed by atoms with Crippen LogP contribution in [0.5, 0.6) is 0 Å². The minimum absolute atomic E-state index is 0. The van der Waals surface area contributed by atoms with E-state index in [2.05, 4.69) is 13.8 Å². The van der Waals surface area contributed by atoms with Crippen molar-refractivity contribution in [3.05, 3.63) is 0 Å². The predicted octanol–water partition coefficient (Wildman–Crippen LogP) is 6.80. The number of carboxylic acid groups (broad SMARTS) is 2. The molecule has 2 N–H and O–H groups in total. The monoisotopic (exact) mass is 422 g/mol. The van der Waals surface area contributed by atoms with Crippen molar-refractivity contribution in [2.45, 2.75) is 129 Å². The Kier molecular flexibility index (Phi) is 24.3. The zero-order valence-corrected chi connectivity index (χ0v) is 18.6. The molecule has 0 amide bonds. The quantitative estimate of drug-likeness (QED) is 0.157. The molecule has 0 heterocycles. The second kappa shape index (κ2) is 22.6. The average molecular weight is 423 g/mol. The summed E-state index contributed by atoms with van der Waals surface area (Å²) in [5.74, 6) is -1.88. The van der Waals surface area contributed by atoms with Crippen LogP contribution < -0.4 is 0 Å². The van der Waals surface area contributed by atoms with Gasteiger partial charge in [0.15, 0.2) is 0 Å². The van der Waals surface area contributed by atoms with Gasteiger partial charge in [-0.15, -0.1) is 0 Å². The van der Waals surface area contributed by atoms with E-state index >= 15 is 0 Å². The van der Waals surface area contributed by atoms with Gasteiger partial charge < -0.3 is 10.2 Å². The van der Waals surface area contributed by atoms with Gasteiger partial charge in [0.25, 0.3) is 0 Å². The fourth-order valence-corrected chi connectivity index (χ4v) is 3.91. The van der Waals surface area contributed by atoms with Crippen LogP contribution in [0.3, 0.4) is 0 Å². The van der Waals surface area contributed by atoms with Gasteiger partial charge >= 0.3 is 41.5 Å². The van der Waals surface area contributed by atoms with Crippen molar-refractivity contribution >= 4 is 41.5 Å². The molecule has 0 fully saturated rings. The zero-order chi connectivity index (χ0) is 21.0. The summed E-state index contributed by atoms with van der Waals surface area (Å²) in [5, 5.41) is 18.8. The van der Waals surface area contributed by atoms with E-state index in [0.717, 1.165) is 51.4 Å². The third-order valence-corrected chi connectivity index (χ3v) is 5.87. The third kappa shape index (κ3) is 19.6. The van der Waals surface area contributed by atoms with Gasteiger partial charge in [-0.1, -0.05) is 104 Å². The molecule has 0 aliphatic rings. The van der Waals surface area contributed by atoms with Gasteiger partial charge in [0, 0.05) is 0 Å². The molecule has 0 saturated heterocycles. The molecule has 0 rings (SSSR count). The molecule has 29 heavy (non-hydrogen) atoms.